The molecule has 1 N–H and O–H groups in total. The lowest BCUT2D eigenvalue weighted by molar-refractivity contribution is 1.20. The van der Waals surface area contributed by atoms with Crippen LogP contribution in [0.1, 0.15) is 0 Å². The summed E-state index contributed by atoms with van der Waals surface area (Å²) in [5, 5.41) is 3.13. The molecule has 1 fully saturated rings. The third-order valence-electron chi connectivity index (χ3n) is 1.17. The minimum atomic E-state index is 0.512. The lowest BCUT2D eigenvalue weighted by Crippen LogP contribution is -1.79. The summed E-state index contributed by atoms with van der Waals surface area (Å²) < 4.78 is 0. The highest BCUT2D eigenvalue weighted by Crippen LogP contribution is 2.10. The fourth-order valence-electron chi connectivity index (χ4n) is 0.596. The van der Waals surface area contributed by atoms with Gasteiger partial charge in [0.05, 0.1) is 0 Å². The van der Waals surface area contributed by atoms with E-state index in [1.807, 2.05) is 12.2 Å². The predicted octanol–water partition coefficient (Wildman–Crippen LogP) is 0.699. The Kier molecular flexibility index (Phi) is 0.988. The second-order valence-corrected chi connectivity index (χ2v) is 1.69. The average Bonchev–Trinajstić information content (AvgIpc) is 2.43. The Labute approximate surface area is 43.7 Å². The van der Waals surface area contributed by atoms with Crippen LogP contribution in [0.4, 0.5) is 0 Å². The minimum absolute atomic E-state index is 0.512. The number of hydrogen-bond donors (Lipinski definition) is 1. The van der Waals surface area contributed by atoms with Gasteiger partial charge in [-0.3, -0.25) is 0 Å². The van der Waals surface area contributed by atoms with Crippen LogP contribution in [0.5, 0.6) is 0 Å². The monoisotopic (exact) mass is 95.1 g/mol. The summed E-state index contributed by atoms with van der Waals surface area (Å²) >= 11 is 0. The van der Waals surface area contributed by atoms with Gasteiger partial charge in [-0.1, -0.05) is 12.2 Å². The molecule has 0 aliphatic carbocycles. The molecular formula is C6H9N. The molecule has 2 atom stereocenters. The molecule has 38 valence electrons. The number of rotatable bonds is 2. The van der Waals surface area contributed by atoms with Gasteiger partial charge in [0.1, 0.15) is 0 Å². The van der Waals surface area contributed by atoms with Crippen LogP contribution in [0, 0.1) is 0 Å². The van der Waals surface area contributed by atoms with Crippen molar-refractivity contribution in [2.45, 2.75) is 12.1 Å². The molecule has 0 amide bonds. The zero-order chi connectivity index (χ0) is 5.28. The SMILES string of the molecule is C=C[C@@H]1N[C@@H]1C=C. The normalized spacial score (nSPS) is 37.1. The third kappa shape index (κ3) is 0.722. The zero-order valence-electron chi connectivity index (χ0n) is 4.22. The van der Waals surface area contributed by atoms with E-state index in [0.29, 0.717) is 12.1 Å². The van der Waals surface area contributed by atoms with Gasteiger partial charge in [0.2, 0.25) is 0 Å². The van der Waals surface area contributed by atoms with Gasteiger partial charge >= 0.3 is 0 Å². The highest BCUT2D eigenvalue weighted by Gasteiger charge is 2.29. The third-order valence-corrected chi connectivity index (χ3v) is 1.17. The Balaban J connectivity index is 2.30. The first-order chi connectivity index (χ1) is 3.38. The van der Waals surface area contributed by atoms with Crippen molar-refractivity contribution in [1.29, 1.82) is 0 Å². The van der Waals surface area contributed by atoms with Crippen molar-refractivity contribution in [2.75, 3.05) is 0 Å². The van der Waals surface area contributed by atoms with Crippen LogP contribution in [0.2, 0.25) is 0 Å². The summed E-state index contributed by atoms with van der Waals surface area (Å²) in [6.45, 7) is 7.22. The molecule has 0 saturated carbocycles. The maximum atomic E-state index is 3.61. The Morgan fingerprint density at radius 1 is 1.14 bits per heavy atom. The maximum Gasteiger partial charge on any atom is 0.0444 e. The fraction of sp³-hybridized carbons (Fsp3) is 0.333. The molecule has 1 heterocycles. The standard InChI is InChI=1S/C6H9N/c1-3-5-6(4-2)7-5/h3-7H,1-2H2/t5-,6+. The first-order valence-electron chi connectivity index (χ1n) is 2.39. The van der Waals surface area contributed by atoms with E-state index in [0.717, 1.165) is 0 Å². The predicted molar refractivity (Wildman–Crippen MR) is 31.1 cm³/mol. The molecule has 0 aromatic heterocycles. The minimum Gasteiger partial charge on any atom is -0.301 e. The van der Waals surface area contributed by atoms with E-state index >= 15 is 0 Å². The van der Waals surface area contributed by atoms with Crippen molar-refractivity contribution in [2.24, 2.45) is 0 Å². The molecule has 0 aromatic rings. The zero-order valence-corrected chi connectivity index (χ0v) is 4.22. The smallest absolute Gasteiger partial charge is 0.0444 e. The molecule has 1 aliphatic rings. The Hall–Kier alpha value is -0.560. The van der Waals surface area contributed by atoms with Crippen LogP contribution < -0.4 is 5.32 Å². The van der Waals surface area contributed by atoms with E-state index in [9.17, 15) is 0 Å². The van der Waals surface area contributed by atoms with Crippen molar-refractivity contribution < 1.29 is 0 Å². The molecule has 7 heavy (non-hydrogen) atoms. The Bertz CT molecular complexity index is 84.4. The van der Waals surface area contributed by atoms with Crippen LogP contribution in [0.15, 0.2) is 25.3 Å². The van der Waals surface area contributed by atoms with E-state index in [2.05, 4.69) is 18.5 Å². The summed E-state index contributed by atoms with van der Waals surface area (Å²) in [4.78, 5) is 0. The van der Waals surface area contributed by atoms with Gasteiger partial charge in [0.25, 0.3) is 0 Å². The second-order valence-electron chi connectivity index (χ2n) is 1.69. The van der Waals surface area contributed by atoms with Gasteiger partial charge in [-0.2, -0.15) is 0 Å². The van der Waals surface area contributed by atoms with Gasteiger partial charge in [-0.15, -0.1) is 13.2 Å². The van der Waals surface area contributed by atoms with E-state index in [-0.39, 0.29) is 0 Å². The molecule has 0 unspecified atom stereocenters. The van der Waals surface area contributed by atoms with Gasteiger partial charge in [0, 0.05) is 12.1 Å². The molecule has 1 nitrogen and oxygen atoms in total. The van der Waals surface area contributed by atoms with Crippen molar-refractivity contribution in [3.63, 3.8) is 0 Å². The molecule has 1 rings (SSSR count). The van der Waals surface area contributed by atoms with Crippen LogP contribution in [-0.2, 0) is 0 Å². The first kappa shape index (κ1) is 4.60. The van der Waals surface area contributed by atoms with Crippen LogP contribution in [0.3, 0.4) is 0 Å². The number of hydrogen-bond acceptors (Lipinski definition) is 1. The maximum absolute atomic E-state index is 3.61. The van der Waals surface area contributed by atoms with E-state index < -0.39 is 0 Å². The molecule has 0 aromatic carbocycles. The van der Waals surface area contributed by atoms with Crippen molar-refractivity contribution >= 4 is 0 Å². The molecule has 0 spiro atoms. The average molecular weight is 95.1 g/mol. The van der Waals surface area contributed by atoms with Crippen LogP contribution in [0.25, 0.3) is 0 Å². The van der Waals surface area contributed by atoms with E-state index in [4.69, 9.17) is 0 Å². The number of nitrogens with one attached hydrogen (secondary N) is 1. The molecule has 1 heteroatoms. The summed E-state index contributed by atoms with van der Waals surface area (Å²) in [6.07, 6.45) is 3.79. The van der Waals surface area contributed by atoms with Crippen LogP contribution >= 0.6 is 0 Å². The van der Waals surface area contributed by atoms with Crippen molar-refractivity contribution in [3.8, 4) is 0 Å². The largest absolute Gasteiger partial charge is 0.301 e. The fourth-order valence-corrected chi connectivity index (χ4v) is 0.596. The van der Waals surface area contributed by atoms with E-state index in [1.54, 1.807) is 0 Å². The lowest BCUT2D eigenvalue weighted by Gasteiger charge is -1.71. The first-order valence-corrected chi connectivity index (χ1v) is 2.39. The topological polar surface area (TPSA) is 21.9 Å². The Morgan fingerprint density at radius 2 is 1.57 bits per heavy atom. The van der Waals surface area contributed by atoms with Gasteiger partial charge in [-0.25, -0.2) is 0 Å². The molecule has 0 bridgehead atoms. The molecule has 1 aliphatic heterocycles. The van der Waals surface area contributed by atoms with Crippen LogP contribution in [-0.4, -0.2) is 12.1 Å². The molecule has 0 radical (unpaired) electrons. The second kappa shape index (κ2) is 1.51. The lowest BCUT2D eigenvalue weighted by atomic mass is 10.3. The van der Waals surface area contributed by atoms with Crippen molar-refractivity contribution in [3.05, 3.63) is 25.3 Å². The molecular weight excluding hydrogens is 86.1 g/mol. The summed E-state index contributed by atoms with van der Waals surface area (Å²) in [5.74, 6) is 0. The van der Waals surface area contributed by atoms with Crippen molar-refractivity contribution in [1.82, 2.24) is 5.32 Å². The highest BCUT2D eigenvalue weighted by molar-refractivity contribution is 5.15. The quantitative estimate of drug-likeness (QED) is 0.395. The van der Waals surface area contributed by atoms with Gasteiger partial charge in [0.15, 0.2) is 0 Å². The van der Waals surface area contributed by atoms with E-state index in [1.165, 1.54) is 0 Å². The Morgan fingerprint density at radius 3 is 1.71 bits per heavy atom. The molecule has 1 saturated heterocycles. The summed E-state index contributed by atoms with van der Waals surface area (Å²) in [7, 11) is 0. The summed E-state index contributed by atoms with van der Waals surface area (Å²) in [5.41, 5.74) is 0. The summed E-state index contributed by atoms with van der Waals surface area (Å²) in [6, 6.07) is 1.02. The van der Waals surface area contributed by atoms with Gasteiger partial charge in [-0.05, 0) is 0 Å². The highest BCUT2D eigenvalue weighted by atomic mass is 15.1. The van der Waals surface area contributed by atoms with Gasteiger partial charge < -0.3 is 5.32 Å².